The molecule has 0 aliphatic heterocycles. The largest absolute Gasteiger partial charge is 0.493 e. The molecule has 0 spiro atoms. The maximum Gasteiger partial charge on any atom is 0.271 e. The van der Waals surface area contributed by atoms with Crippen LogP contribution in [0.3, 0.4) is 0 Å². The van der Waals surface area contributed by atoms with Crippen LogP contribution in [-0.4, -0.2) is 40.6 Å². The van der Waals surface area contributed by atoms with Crippen molar-refractivity contribution in [2.24, 2.45) is 5.10 Å². The van der Waals surface area contributed by atoms with Gasteiger partial charge in [-0.05, 0) is 51.8 Å². The summed E-state index contributed by atoms with van der Waals surface area (Å²) in [7, 11) is 6.14. The van der Waals surface area contributed by atoms with E-state index in [9.17, 15) is 4.79 Å². The quantitative estimate of drug-likeness (QED) is 0.547. The van der Waals surface area contributed by atoms with E-state index in [0.29, 0.717) is 33.0 Å². The average Bonchev–Trinajstić information content (AvgIpc) is 2.66. The van der Waals surface area contributed by atoms with E-state index in [0.717, 1.165) is 5.56 Å². The van der Waals surface area contributed by atoms with Crippen LogP contribution in [0.4, 0.5) is 0 Å². The van der Waals surface area contributed by atoms with Crippen molar-refractivity contribution in [3.8, 4) is 23.0 Å². The lowest BCUT2D eigenvalue weighted by Gasteiger charge is -2.10. The lowest BCUT2D eigenvalue weighted by Crippen LogP contribution is -2.17. The fourth-order valence-electron chi connectivity index (χ4n) is 2.22. The first-order valence-corrected chi connectivity index (χ1v) is 8.30. The molecule has 0 aliphatic rings. The number of benzene rings is 2. The number of nitrogens with one attached hydrogen (secondary N) is 1. The van der Waals surface area contributed by atoms with Gasteiger partial charge < -0.3 is 18.9 Å². The van der Waals surface area contributed by atoms with E-state index in [4.69, 9.17) is 18.9 Å². The molecule has 0 bridgehead atoms. The van der Waals surface area contributed by atoms with Gasteiger partial charge in [0.05, 0.1) is 39.1 Å². The summed E-state index contributed by atoms with van der Waals surface area (Å²) in [4.78, 5) is 12.2. The molecule has 0 aromatic heterocycles. The molecule has 0 aliphatic carbocycles. The number of rotatable bonds is 7. The highest BCUT2D eigenvalue weighted by atomic mass is 79.9. The van der Waals surface area contributed by atoms with Gasteiger partial charge in [-0.2, -0.15) is 5.10 Å². The fraction of sp³-hybridized carbons (Fsp3) is 0.222. The summed E-state index contributed by atoms with van der Waals surface area (Å²) in [6.45, 7) is 0. The SMILES string of the molecule is COc1ccc(C(=O)N/N=C\c2cc(Br)c(OC)c(OC)c2)cc1OC. The Morgan fingerprint density at radius 1 is 0.962 bits per heavy atom. The molecular formula is C18H19BrN2O5. The van der Waals surface area contributed by atoms with Crippen LogP contribution >= 0.6 is 15.9 Å². The number of methoxy groups -OCH3 is 4. The van der Waals surface area contributed by atoms with Gasteiger partial charge in [0.2, 0.25) is 0 Å². The molecule has 0 unspecified atom stereocenters. The van der Waals surface area contributed by atoms with Crippen molar-refractivity contribution in [3.05, 3.63) is 45.9 Å². The van der Waals surface area contributed by atoms with Gasteiger partial charge in [-0.15, -0.1) is 0 Å². The molecule has 0 fully saturated rings. The van der Waals surface area contributed by atoms with Gasteiger partial charge in [-0.3, -0.25) is 4.79 Å². The van der Waals surface area contributed by atoms with E-state index >= 15 is 0 Å². The third-order valence-corrected chi connectivity index (χ3v) is 4.07. The molecule has 0 saturated carbocycles. The van der Waals surface area contributed by atoms with E-state index < -0.39 is 0 Å². The van der Waals surface area contributed by atoms with Crippen molar-refractivity contribution >= 4 is 28.1 Å². The Bertz CT molecular complexity index is 823. The zero-order valence-corrected chi connectivity index (χ0v) is 16.4. The molecule has 7 nitrogen and oxygen atoms in total. The van der Waals surface area contributed by atoms with Gasteiger partial charge in [0, 0.05) is 5.56 Å². The second kappa shape index (κ2) is 9.10. The maximum absolute atomic E-state index is 12.2. The van der Waals surface area contributed by atoms with Crippen LogP contribution in [0.1, 0.15) is 15.9 Å². The number of hydrazone groups is 1. The van der Waals surface area contributed by atoms with Crippen molar-refractivity contribution in [3.63, 3.8) is 0 Å². The number of halogens is 1. The van der Waals surface area contributed by atoms with E-state index in [1.165, 1.54) is 20.4 Å². The highest BCUT2D eigenvalue weighted by Crippen LogP contribution is 2.35. The molecule has 138 valence electrons. The summed E-state index contributed by atoms with van der Waals surface area (Å²) in [5.41, 5.74) is 3.59. The zero-order chi connectivity index (χ0) is 19.1. The van der Waals surface area contributed by atoms with Crippen LogP contribution in [-0.2, 0) is 0 Å². The minimum Gasteiger partial charge on any atom is -0.493 e. The van der Waals surface area contributed by atoms with Crippen molar-refractivity contribution in [2.75, 3.05) is 28.4 Å². The molecule has 0 radical (unpaired) electrons. The van der Waals surface area contributed by atoms with Crippen LogP contribution in [0.25, 0.3) is 0 Å². The topological polar surface area (TPSA) is 78.4 Å². The Morgan fingerprint density at radius 2 is 1.65 bits per heavy atom. The standard InChI is InChI=1S/C18H19BrN2O5/c1-23-14-6-5-12(9-15(14)24-2)18(22)21-20-10-11-7-13(19)17(26-4)16(8-11)25-3/h5-10H,1-4H3,(H,21,22)/b20-10-. The minimum atomic E-state index is -0.373. The van der Waals surface area contributed by atoms with Crippen LogP contribution in [0, 0.1) is 0 Å². The van der Waals surface area contributed by atoms with Crippen molar-refractivity contribution in [2.45, 2.75) is 0 Å². The molecule has 1 N–H and O–H groups in total. The van der Waals surface area contributed by atoms with Gasteiger partial charge in [0.25, 0.3) is 5.91 Å². The lowest BCUT2D eigenvalue weighted by atomic mass is 10.2. The van der Waals surface area contributed by atoms with Crippen LogP contribution in [0.15, 0.2) is 39.9 Å². The molecule has 2 aromatic carbocycles. The number of hydrogen-bond acceptors (Lipinski definition) is 6. The maximum atomic E-state index is 12.2. The van der Waals surface area contributed by atoms with Crippen molar-refractivity contribution in [1.29, 1.82) is 0 Å². The summed E-state index contributed by atoms with van der Waals surface area (Å²) >= 11 is 3.41. The molecule has 0 atom stereocenters. The Morgan fingerprint density at radius 3 is 2.27 bits per heavy atom. The number of carbonyl (C=O) groups excluding carboxylic acids is 1. The van der Waals surface area contributed by atoms with Gasteiger partial charge in [0.1, 0.15) is 0 Å². The molecule has 2 rings (SSSR count). The van der Waals surface area contributed by atoms with Crippen molar-refractivity contribution in [1.82, 2.24) is 5.43 Å². The number of carbonyl (C=O) groups is 1. The fourth-order valence-corrected chi connectivity index (χ4v) is 2.84. The summed E-state index contributed by atoms with van der Waals surface area (Å²) in [5.74, 6) is 1.77. The zero-order valence-electron chi connectivity index (χ0n) is 14.8. The van der Waals surface area contributed by atoms with Crippen LogP contribution in [0.5, 0.6) is 23.0 Å². The molecule has 8 heteroatoms. The van der Waals surface area contributed by atoms with E-state index in [1.54, 1.807) is 44.6 Å². The smallest absolute Gasteiger partial charge is 0.271 e. The normalized spacial score (nSPS) is 10.5. The Kier molecular flexibility index (Phi) is 6.85. The first kappa shape index (κ1) is 19.6. The molecule has 0 saturated heterocycles. The summed E-state index contributed by atoms with van der Waals surface area (Å²) in [6, 6.07) is 8.40. The second-order valence-electron chi connectivity index (χ2n) is 5.01. The third kappa shape index (κ3) is 4.45. The molecule has 2 aromatic rings. The molecule has 0 heterocycles. The molecule has 1 amide bonds. The van der Waals surface area contributed by atoms with Crippen molar-refractivity contribution < 1.29 is 23.7 Å². The van der Waals surface area contributed by atoms with Gasteiger partial charge in [0.15, 0.2) is 23.0 Å². The molecule has 26 heavy (non-hydrogen) atoms. The Hall–Kier alpha value is -2.74. The predicted molar refractivity (Wildman–Crippen MR) is 102 cm³/mol. The van der Waals surface area contributed by atoms with Gasteiger partial charge in [-0.1, -0.05) is 0 Å². The summed E-state index contributed by atoms with van der Waals surface area (Å²) in [6.07, 6.45) is 1.51. The predicted octanol–water partition coefficient (Wildman–Crippen LogP) is 3.25. The van der Waals surface area contributed by atoms with E-state index in [-0.39, 0.29) is 5.91 Å². The molecular weight excluding hydrogens is 404 g/mol. The minimum absolute atomic E-state index is 0.373. The number of nitrogens with zero attached hydrogens (tertiary/aromatic N) is 1. The van der Waals surface area contributed by atoms with Crippen LogP contribution < -0.4 is 24.4 Å². The van der Waals surface area contributed by atoms with Crippen LogP contribution in [0.2, 0.25) is 0 Å². The average molecular weight is 423 g/mol. The number of amides is 1. The monoisotopic (exact) mass is 422 g/mol. The number of hydrogen-bond donors (Lipinski definition) is 1. The van der Waals surface area contributed by atoms with E-state index in [2.05, 4.69) is 26.5 Å². The third-order valence-electron chi connectivity index (χ3n) is 3.48. The summed E-state index contributed by atoms with van der Waals surface area (Å²) < 4.78 is 21.6. The van der Waals surface area contributed by atoms with Gasteiger partial charge in [-0.25, -0.2) is 5.43 Å². The highest BCUT2D eigenvalue weighted by Gasteiger charge is 2.11. The first-order chi connectivity index (χ1) is 12.5. The Balaban J connectivity index is 2.13. The Labute approximate surface area is 160 Å². The summed E-state index contributed by atoms with van der Waals surface area (Å²) in [5, 5.41) is 3.97. The van der Waals surface area contributed by atoms with Gasteiger partial charge >= 0.3 is 0 Å². The lowest BCUT2D eigenvalue weighted by molar-refractivity contribution is 0.0954. The van der Waals surface area contributed by atoms with E-state index in [1.807, 2.05) is 0 Å². The highest BCUT2D eigenvalue weighted by molar-refractivity contribution is 9.10. The first-order valence-electron chi connectivity index (χ1n) is 7.51. The number of ether oxygens (including phenoxy) is 4. The second-order valence-corrected chi connectivity index (χ2v) is 5.86.